The van der Waals surface area contributed by atoms with Crippen LogP contribution >= 0.6 is 11.3 Å². The second kappa shape index (κ2) is 16.1. The Morgan fingerprint density at radius 1 is 1.11 bits per heavy atom. The maximum atomic E-state index is 13.1. The zero-order valence-electron chi connectivity index (χ0n) is 26.4. The molecule has 1 aliphatic rings. The van der Waals surface area contributed by atoms with E-state index in [1.807, 2.05) is 6.07 Å². The van der Waals surface area contributed by atoms with Crippen LogP contribution in [0.4, 0.5) is 5.00 Å². The molecule has 0 radical (unpaired) electrons. The number of benzene rings is 2. The first kappa shape index (κ1) is 33.5. The number of hydrogen-bond acceptors (Lipinski definition) is 9. The summed E-state index contributed by atoms with van der Waals surface area (Å²) in [6, 6.07) is 11.9. The van der Waals surface area contributed by atoms with E-state index in [0.717, 1.165) is 48.1 Å². The van der Waals surface area contributed by atoms with Crippen LogP contribution in [0, 0.1) is 5.92 Å². The summed E-state index contributed by atoms with van der Waals surface area (Å²) < 4.78 is 22.2. The number of anilines is 1. The van der Waals surface area contributed by atoms with Crippen molar-refractivity contribution in [1.82, 2.24) is 5.43 Å². The fourth-order valence-electron chi connectivity index (χ4n) is 4.85. The summed E-state index contributed by atoms with van der Waals surface area (Å²) in [5.74, 6) is 0.964. The summed E-state index contributed by atoms with van der Waals surface area (Å²) in [5, 5.41) is 7.47. The summed E-state index contributed by atoms with van der Waals surface area (Å²) in [6.45, 7) is 8.53. The van der Waals surface area contributed by atoms with Crippen LogP contribution in [-0.4, -0.2) is 50.4 Å². The SMILES string of the molecule is CCCCOc1ccc(/C=N\NC(=O)[C@H](C)Oc2ccc(C(=O)Nc3sc4c(c3C(=O)OCC)CC[C@H](C)C4)cc2)cc1OC. The third-order valence-corrected chi connectivity index (χ3v) is 8.52. The van der Waals surface area contributed by atoms with E-state index >= 15 is 0 Å². The van der Waals surface area contributed by atoms with Gasteiger partial charge in [-0.3, -0.25) is 9.59 Å². The number of thiophene rings is 1. The van der Waals surface area contributed by atoms with Gasteiger partial charge in [-0.1, -0.05) is 20.3 Å². The van der Waals surface area contributed by atoms with Crippen LogP contribution in [0.3, 0.4) is 0 Å². The molecule has 3 aromatic rings. The van der Waals surface area contributed by atoms with Crippen LogP contribution in [0.25, 0.3) is 0 Å². The predicted octanol–water partition coefficient (Wildman–Crippen LogP) is 6.41. The number of nitrogens with zero attached hydrogens (tertiary/aromatic N) is 1. The minimum Gasteiger partial charge on any atom is -0.493 e. The molecule has 0 bridgehead atoms. The predicted molar refractivity (Wildman–Crippen MR) is 175 cm³/mol. The lowest BCUT2D eigenvalue weighted by Gasteiger charge is -2.18. The van der Waals surface area contributed by atoms with E-state index in [9.17, 15) is 14.4 Å². The monoisotopic (exact) mass is 635 g/mol. The van der Waals surface area contributed by atoms with Crippen LogP contribution in [-0.2, 0) is 22.4 Å². The maximum Gasteiger partial charge on any atom is 0.341 e. The lowest BCUT2D eigenvalue weighted by molar-refractivity contribution is -0.127. The molecule has 0 fully saturated rings. The Morgan fingerprint density at radius 2 is 1.89 bits per heavy atom. The molecule has 240 valence electrons. The molecule has 4 rings (SSSR count). The normalized spacial score (nSPS) is 14.7. The first-order valence-corrected chi connectivity index (χ1v) is 16.1. The molecule has 2 aromatic carbocycles. The van der Waals surface area contributed by atoms with Gasteiger partial charge in [0.1, 0.15) is 10.8 Å². The molecule has 45 heavy (non-hydrogen) atoms. The number of carbonyl (C=O) groups is 3. The fraction of sp³-hybridized carbons (Fsp3) is 0.412. The highest BCUT2D eigenvalue weighted by atomic mass is 32.1. The van der Waals surface area contributed by atoms with E-state index < -0.39 is 18.0 Å². The molecule has 1 heterocycles. The molecule has 0 saturated carbocycles. The van der Waals surface area contributed by atoms with Crippen molar-refractivity contribution in [2.24, 2.45) is 11.0 Å². The zero-order chi connectivity index (χ0) is 32.3. The van der Waals surface area contributed by atoms with Gasteiger partial charge in [0, 0.05) is 10.4 Å². The summed E-state index contributed by atoms with van der Waals surface area (Å²) in [5.41, 5.74) is 5.04. The Hall–Kier alpha value is -4.38. The van der Waals surface area contributed by atoms with Crippen molar-refractivity contribution >= 4 is 40.3 Å². The van der Waals surface area contributed by atoms with Crippen molar-refractivity contribution in [3.63, 3.8) is 0 Å². The van der Waals surface area contributed by atoms with E-state index in [2.05, 4.69) is 29.7 Å². The Morgan fingerprint density at radius 3 is 2.60 bits per heavy atom. The number of hydrazone groups is 1. The molecule has 0 spiro atoms. The van der Waals surface area contributed by atoms with Crippen LogP contribution < -0.4 is 25.0 Å². The zero-order valence-corrected chi connectivity index (χ0v) is 27.3. The molecule has 2 amide bonds. The van der Waals surface area contributed by atoms with E-state index in [1.54, 1.807) is 57.4 Å². The number of carbonyl (C=O) groups excluding carboxylic acids is 3. The maximum absolute atomic E-state index is 13.1. The van der Waals surface area contributed by atoms with Gasteiger partial charge >= 0.3 is 5.97 Å². The number of esters is 1. The molecule has 1 aliphatic carbocycles. The van der Waals surface area contributed by atoms with Gasteiger partial charge in [0.2, 0.25) is 0 Å². The standard InChI is InChI=1S/C34H41N3O7S/c1-6-8-17-43-27-16-10-23(19-28(27)41-5)20-35-37-31(38)22(4)44-25-13-11-24(12-14-25)32(39)36-33-30(34(40)42-7-2)26-15-9-21(3)18-29(26)45-33/h10-14,16,19-22H,6-9,15,17-18H2,1-5H3,(H,36,39)(H,37,38)/b35-20-/t21-,22-/m0/s1. The van der Waals surface area contributed by atoms with Gasteiger partial charge in [-0.15, -0.1) is 11.3 Å². The van der Waals surface area contributed by atoms with E-state index in [0.29, 0.717) is 45.9 Å². The van der Waals surface area contributed by atoms with Crippen molar-refractivity contribution in [3.05, 3.63) is 69.6 Å². The third-order valence-electron chi connectivity index (χ3n) is 7.35. The number of ether oxygens (including phenoxy) is 4. The first-order chi connectivity index (χ1) is 21.7. The minimum absolute atomic E-state index is 0.260. The highest BCUT2D eigenvalue weighted by molar-refractivity contribution is 7.17. The van der Waals surface area contributed by atoms with Crippen molar-refractivity contribution in [2.75, 3.05) is 25.6 Å². The number of unbranched alkanes of at least 4 members (excludes halogenated alkanes) is 1. The summed E-state index contributed by atoms with van der Waals surface area (Å²) in [4.78, 5) is 39.6. The Bertz CT molecular complexity index is 1520. The van der Waals surface area contributed by atoms with E-state index in [-0.39, 0.29) is 12.5 Å². The number of amides is 2. The first-order valence-electron chi connectivity index (χ1n) is 15.3. The lowest BCUT2D eigenvalue weighted by Crippen LogP contribution is -2.33. The van der Waals surface area contributed by atoms with Crippen molar-refractivity contribution in [1.29, 1.82) is 0 Å². The number of fused-ring (bicyclic) bond motifs is 1. The third kappa shape index (κ3) is 8.85. The number of methoxy groups -OCH3 is 1. The van der Waals surface area contributed by atoms with Gasteiger partial charge in [0.25, 0.3) is 11.8 Å². The highest BCUT2D eigenvalue weighted by Gasteiger charge is 2.29. The molecular weight excluding hydrogens is 594 g/mol. The second-order valence-electron chi connectivity index (χ2n) is 10.9. The minimum atomic E-state index is -0.849. The van der Waals surface area contributed by atoms with Crippen molar-refractivity contribution in [2.45, 2.75) is 65.9 Å². The molecule has 1 aromatic heterocycles. The van der Waals surface area contributed by atoms with Crippen LogP contribution in [0.2, 0.25) is 0 Å². The fourth-order valence-corrected chi connectivity index (χ4v) is 6.24. The van der Waals surface area contributed by atoms with Gasteiger partial charge in [-0.2, -0.15) is 5.10 Å². The molecule has 10 nitrogen and oxygen atoms in total. The molecule has 0 saturated heterocycles. The number of hydrogen-bond donors (Lipinski definition) is 2. The second-order valence-corrected chi connectivity index (χ2v) is 12.0. The molecule has 2 atom stereocenters. The largest absolute Gasteiger partial charge is 0.493 e. The van der Waals surface area contributed by atoms with Gasteiger partial charge in [-0.05, 0) is 99.0 Å². The molecule has 2 N–H and O–H groups in total. The summed E-state index contributed by atoms with van der Waals surface area (Å²) in [7, 11) is 1.57. The summed E-state index contributed by atoms with van der Waals surface area (Å²) in [6.07, 6.45) is 5.30. The Labute approximate surface area is 268 Å². The molecule has 0 aliphatic heterocycles. The van der Waals surface area contributed by atoms with Crippen molar-refractivity contribution in [3.8, 4) is 17.2 Å². The van der Waals surface area contributed by atoms with Gasteiger partial charge in [-0.25, -0.2) is 10.2 Å². The van der Waals surface area contributed by atoms with Crippen molar-refractivity contribution < 1.29 is 33.3 Å². The van der Waals surface area contributed by atoms with Gasteiger partial charge < -0.3 is 24.3 Å². The average Bonchev–Trinajstić information content (AvgIpc) is 3.38. The lowest BCUT2D eigenvalue weighted by atomic mass is 9.88. The quantitative estimate of drug-likeness (QED) is 0.0908. The van der Waals surface area contributed by atoms with Crippen LogP contribution in [0.15, 0.2) is 47.6 Å². The Balaban J connectivity index is 1.33. The van der Waals surface area contributed by atoms with Gasteiger partial charge in [0.15, 0.2) is 17.6 Å². The van der Waals surface area contributed by atoms with E-state index in [4.69, 9.17) is 18.9 Å². The Kier molecular flexibility index (Phi) is 12.0. The molecule has 11 heteroatoms. The summed E-state index contributed by atoms with van der Waals surface area (Å²) >= 11 is 1.44. The number of rotatable bonds is 14. The number of nitrogens with one attached hydrogen (secondary N) is 2. The topological polar surface area (TPSA) is 125 Å². The van der Waals surface area contributed by atoms with E-state index in [1.165, 1.54) is 17.6 Å². The van der Waals surface area contributed by atoms with Crippen LogP contribution in [0.5, 0.6) is 17.2 Å². The average molecular weight is 636 g/mol. The smallest absolute Gasteiger partial charge is 0.341 e. The highest BCUT2D eigenvalue weighted by Crippen LogP contribution is 2.40. The van der Waals surface area contributed by atoms with Crippen LogP contribution in [0.1, 0.15) is 83.7 Å². The molecular formula is C34H41N3O7S. The molecule has 0 unspecified atom stereocenters. The van der Waals surface area contributed by atoms with Gasteiger partial charge in [0.05, 0.1) is 32.1 Å².